The molecule has 0 aliphatic carbocycles. The van der Waals surface area contributed by atoms with E-state index in [-0.39, 0.29) is 27.6 Å². The number of nitrogens with one attached hydrogen (secondary N) is 1. The number of methoxy groups -OCH3 is 1. The van der Waals surface area contributed by atoms with Crippen molar-refractivity contribution in [2.75, 3.05) is 23.9 Å². The van der Waals surface area contributed by atoms with Crippen molar-refractivity contribution in [1.82, 2.24) is 4.98 Å². The number of carbonyl (C=O) groups is 2. The lowest BCUT2D eigenvalue weighted by Gasteiger charge is -2.19. The molecule has 1 fully saturated rings. The van der Waals surface area contributed by atoms with Crippen molar-refractivity contribution in [2.24, 2.45) is 0 Å². The predicted octanol–water partition coefficient (Wildman–Crippen LogP) is 3.78. The molecule has 1 aliphatic heterocycles. The predicted molar refractivity (Wildman–Crippen MR) is 96.8 cm³/mol. The molecule has 130 valence electrons. The van der Waals surface area contributed by atoms with Gasteiger partial charge >= 0.3 is 0 Å². The van der Waals surface area contributed by atoms with Gasteiger partial charge in [-0.05, 0) is 24.6 Å². The van der Waals surface area contributed by atoms with Crippen LogP contribution >= 0.6 is 23.2 Å². The molecule has 0 saturated carbocycles. The Kier molecular flexibility index (Phi) is 5.11. The molecule has 0 unspecified atom stereocenters. The Morgan fingerprint density at radius 3 is 2.76 bits per heavy atom. The van der Waals surface area contributed by atoms with Crippen LogP contribution in [0, 0.1) is 0 Å². The van der Waals surface area contributed by atoms with E-state index in [1.165, 1.54) is 19.4 Å². The molecule has 0 bridgehead atoms. The molecule has 25 heavy (non-hydrogen) atoms. The Morgan fingerprint density at radius 1 is 1.32 bits per heavy atom. The average Bonchev–Trinajstić information content (AvgIpc) is 3.03. The van der Waals surface area contributed by atoms with E-state index in [1.807, 2.05) is 0 Å². The van der Waals surface area contributed by atoms with Crippen LogP contribution in [0.15, 0.2) is 30.5 Å². The lowest BCUT2D eigenvalue weighted by Crippen LogP contribution is -2.24. The third kappa shape index (κ3) is 3.70. The second-order valence-electron chi connectivity index (χ2n) is 5.49. The minimum absolute atomic E-state index is 0.0666. The number of anilines is 2. The zero-order valence-electron chi connectivity index (χ0n) is 13.4. The zero-order valence-corrected chi connectivity index (χ0v) is 14.9. The first-order valence-electron chi connectivity index (χ1n) is 7.60. The number of amides is 2. The molecule has 1 aromatic heterocycles. The van der Waals surface area contributed by atoms with Crippen LogP contribution in [-0.4, -0.2) is 30.5 Å². The third-order valence-corrected chi connectivity index (χ3v) is 4.55. The van der Waals surface area contributed by atoms with Gasteiger partial charge in [0, 0.05) is 30.9 Å². The molecule has 2 aromatic rings. The molecule has 0 spiro atoms. The number of ether oxygens (including phenoxy) is 1. The summed E-state index contributed by atoms with van der Waals surface area (Å²) in [7, 11) is 1.52. The van der Waals surface area contributed by atoms with Crippen molar-refractivity contribution in [3.05, 3.63) is 46.2 Å². The molecule has 2 amide bonds. The smallest absolute Gasteiger partial charge is 0.257 e. The first-order valence-corrected chi connectivity index (χ1v) is 8.36. The highest BCUT2D eigenvalue weighted by atomic mass is 35.5. The molecule has 2 heterocycles. The van der Waals surface area contributed by atoms with E-state index in [2.05, 4.69) is 10.3 Å². The quantitative estimate of drug-likeness (QED) is 0.820. The van der Waals surface area contributed by atoms with Gasteiger partial charge in [-0.2, -0.15) is 0 Å². The summed E-state index contributed by atoms with van der Waals surface area (Å²) in [5.41, 5.74) is 1.51. The van der Waals surface area contributed by atoms with Crippen molar-refractivity contribution < 1.29 is 14.3 Å². The number of benzene rings is 1. The number of hydrogen-bond donors (Lipinski definition) is 1. The molecular formula is C17H15Cl2N3O3. The number of aromatic nitrogens is 1. The minimum atomic E-state index is -0.377. The fraction of sp³-hybridized carbons (Fsp3) is 0.235. The molecular weight excluding hydrogens is 365 g/mol. The van der Waals surface area contributed by atoms with Gasteiger partial charge in [0.15, 0.2) is 0 Å². The van der Waals surface area contributed by atoms with Gasteiger partial charge in [0.2, 0.25) is 5.91 Å². The summed E-state index contributed by atoms with van der Waals surface area (Å²) in [6.45, 7) is 0.663. The van der Waals surface area contributed by atoms with E-state index in [0.29, 0.717) is 30.1 Å². The molecule has 0 radical (unpaired) electrons. The number of nitrogens with zero attached hydrogens (tertiary/aromatic N) is 2. The maximum absolute atomic E-state index is 12.3. The highest BCUT2D eigenvalue weighted by Gasteiger charge is 2.24. The Morgan fingerprint density at radius 2 is 2.12 bits per heavy atom. The van der Waals surface area contributed by atoms with Crippen molar-refractivity contribution in [3.8, 4) is 5.75 Å². The Hall–Kier alpha value is -2.31. The highest BCUT2D eigenvalue weighted by Crippen LogP contribution is 2.34. The topological polar surface area (TPSA) is 71.5 Å². The number of halogens is 2. The Balaban J connectivity index is 1.82. The van der Waals surface area contributed by atoms with Gasteiger partial charge in [0.25, 0.3) is 5.91 Å². The van der Waals surface area contributed by atoms with Crippen LogP contribution < -0.4 is 15.0 Å². The van der Waals surface area contributed by atoms with Crippen LogP contribution in [0.3, 0.4) is 0 Å². The van der Waals surface area contributed by atoms with Crippen molar-refractivity contribution in [3.63, 3.8) is 0 Å². The lowest BCUT2D eigenvalue weighted by molar-refractivity contribution is -0.117. The standard InChI is InChI=1S/C17H15Cl2N3O3/c1-25-14-8-11(4-5-13(14)22-6-2-3-15(22)23)21-17(24)10-7-12(18)16(19)20-9-10/h4-5,7-9H,2-3,6H2,1H3,(H,21,24). The summed E-state index contributed by atoms with van der Waals surface area (Å²) in [6, 6.07) is 6.58. The third-order valence-electron chi connectivity index (χ3n) is 3.86. The van der Waals surface area contributed by atoms with E-state index in [1.54, 1.807) is 23.1 Å². The van der Waals surface area contributed by atoms with E-state index in [9.17, 15) is 9.59 Å². The molecule has 1 aromatic carbocycles. The maximum atomic E-state index is 12.3. The van der Waals surface area contributed by atoms with Gasteiger partial charge < -0.3 is 15.0 Å². The Labute approximate surface area is 154 Å². The van der Waals surface area contributed by atoms with Crippen LogP contribution in [0.25, 0.3) is 0 Å². The van der Waals surface area contributed by atoms with Crippen LogP contribution in [0.1, 0.15) is 23.2 Å². The fourth-order valence-electron chi connectivity index (χ4n) is 2.63. The van der Waals surface area contributed by atoms with E-state index in [0.717, 1.165) is 6.42 Å². The normalized spacial score (nSPS) is 13.9. The van der Waals surface area contributed by atoms with Gasteiger partial charge in [-0.1, -0.05) is 23.2 Å². The second-order valence-corrected chi connectivity index (χ2v) is 6.25. The van der Waals surface area contributed by atoms with Crippen LogP contribution in [0.2, 0.25) is 10.2 Å². The Bertz CT molecular complexity index is 842. The largest absolute Gasteiger partial charge is 0.494 e. The summed E-state index contributed by atoms with van der Waals surface area (Å²) in [4.78, 5) is 29.8. The van der Waals surface area contributed by atoms with Crippen LogP contribution in [0.4, 0.5) is 11.4 Å². The van der Waals surface area contributed by atoms with Crippen molar-refractivity contribution >= 4 is 46.4 Å². The summed E-state index contributed by atoms with van der Waals surface area (Å²) >= 11 is 11.6. The van der Waals surface area contributed by atoms with E-state index >= 15 is 0 Å². The molecule has 1 N–H and O–H groups in total. The number of rotatable bonds is 4. The molecule has 0 atom stereocenters. The second kappa shape index (κ2) is 7.29. The molecule has 8 heteroatoms. The zero-order chi connectivity index (χ0) is 18.0. The van der Waals surface area contributed by atoms with Gasteiger partial charge in [0.1, 0.15) is 10.9 Å². The van der Waals surface area contributed by atoms with Gasteiger partial charge in [-0.25, -0.2) is 4.98 Å². The first kappa shape index (κ1) is 17.5. The number of pyridine rings is 1. The SMILES string of the molecule is COc1cc(NC(=O)c2cnc(Cl)c(Cl)c2)ccc1N1CCCC1=O. The van der Waals surface area contributed by atoms with Crippen LogP contribution in [0.5, 0.6) is 5.75 Å². The van der Waals surface area contributed by atoms with Gasteiger partial charge in [0.05, 0.1) is 23.4 Å². The highest BCUT2D eigenvalue weighted by molar-refractivity contribution is 6.41. The molecule has 1 aliphatic rings. The summed E-state index contributed by atoms with van der Waals surface area (Å²) in [5, 5.41) is 3.09. The molecule has 3 rings (SSSR count). The van der Waals surface area contributed by atoms with Crippen LogP contribution in [-0.2, 0) is 4.79 Å². The average molecular weight is 380 g/mol. The summed E-state index contributed by atoms with van der Waals surface area (Å²) in [6.07, 6.45) is 2.70. The molecule has 1 saturated heterocycles. The summed E-state index contributed by atoms with van der Waals surface area (Å²) in [5.74, 6) is 0.204. The van der Waals surface area contributed by atoms with Gasteiger partial charge in [-0.15, -0.1) is 0 Å². The van der Waals surface area contributed by atoms with E-state index in [4.69, 9.17) is 27.9 Å². The van der Waals surface area contributed by atoms with Crippen molar-refractivity contribution in [2.45, 2.75) is 12.8 Å². The minimum Gasteiger partial charge on any atom is -0.494 e. The lowest BCUT2D eigenvalue weighted by atomic mass is 10.2. The van der Waals surface area contributed by atoms with Gasteiger partial charge in [-0.3, -0.25) is 9.59 Å². The first-order chi connectivity index (χ1) is 12.0. The van der Waals surface area contributed by atoms with E-state index < -0.39 is 0 Å². The number of hydrogen-bond acceptors (Lipinski definition) is 4. The fourth-order valence-corrected chi connectivity index (χ4v) is 2.90. The summed E-state index contributed by atoms with van der Waals surface area (Å²) < 4.78 is 5.37. The monoisotopic (exact) mass is 379 g/mol. The molecule has 6 nitrogen and oxygen atoms in total. The maximum Gasteiger partial charge on any atom is 0.257 e. The number of carbonyl (C=O) groups excluding carboxylic acids is 2. The van der Waals surface area contributed by atoms with Crippen molar-refractivity contribution in [1.29, 1.82) is 0 Å².